The topological polar surface area (TPSA) is 17.8 Å². The number of aromatic nitrogens is 2. The lowest BCUT2D eigenvalue weighted by Gasteiger charge is -1.96. The fourth-order valence-electron chi connectivity index (χ4n) is 0.983. The Morgan fingerprint density at radius 1 is 1.50 bits per heavy atom. The van der Waals surface area contributed by atoms with Crippen LogP contribution in [0.2, 0.25) is 5.02 Å². The molecule has 0 unspecified atom stereocenters. The Kier molecular flexibility index (Phi) is 2.00. The molecule has 0 aromatic carbocycles. The predicted octanol–water partition coefficient (Wildman–Crippen LogP) is 2.17. The van der Waals surface area contributed by atoms with Crippen molar-refractivity contribution in [1.82, 2.24) is 9.78 Å². The molecular formula is C7H11ClN2. The van der Waals surface area contributed by atoms with Crippen molar-refractivity contribution >= 4 is 11.6 Å². The Labute approximate surface area is 65.8 Å². The van der Waals surface area contributed by atoms with Gasteiger partial charge in [0.15, 0.2) is 0 Å². The molecule has 0 N–H and O–H groups in total. The lowest BCUT2D eigenvalue weighted by molar-refractivity contribution is 0.634. The van der Waals surface area contributed by atoms with E-state index in [0.29, 0.717) is 0 Å². The van der Waals surface area contributed by atoms with Crippen LogP contribution in [0.4, 0.5) is 0 Å². The average molecular weight is 159 g/mol. The van der Waals surface area contributed by atoms with Crippen molar-refractivity contribution in [2.45, 2.75) is 27.3 Å². The van der Waals surface area contributed by atoms with E-state index in [0.717, 1.165) is 23.0 Å². The molecule has 0 fully saturated rings. The van der Waals surface area contributed by atoms with Crippen LogP contribution in [-0.4, -0.2) is 9.78 Å². The van der Waals surface area contributed by atoms with Crippen LogP contribution >= 0.6 is 11.6 Å². The van der Waals surface area contributed by atoms with Gasteiger partial charge < -0.3 is 0 Å². The fourth-order valence-corrected chi connectivity index (χ4v) is 1.12. The first-order valence-electron chi connectivity index (χ1n) is 3.36. The van der Waals surface area contributed by atoms with Crippen LogP contribution in [0.3, 0.4) is 0 Å². The molecule has 1 heterocycles. The van der Waals surface area contributed by atoms with E-state index in [9.17, 15) is 0 Å². The summed E-state index contributed by atoms with van der Waals surface area (Å²) < 4.78 is 1.90. The highest BCUT2D eigenvalue weighted by Gasteiger charge is 2.05. The van der Waals surface area contributed by atoms with E-state index in [4.69, 9.17) is 11.6 Å². The zero-order chi connectivity index (χ0) is 7.72. The standard InChI is InChI=1S/C7H11ClN2/c1-4-10-6(3)7(8)5(2)9-10/h4H2,1-3H3. The molecule has 0 aliphatic heterocycles. The summed E-state index contributed by atoms with van der Waals surface area (Å²) in [6.07, 6.45) is 0. The van der Waals surface area contributed by atoms with Gasteiger partial charge in [0.05, 0.1) is 16.4 Å². The SMILES string of the molecule is CCn1nc(C)c(Cl)c1C. The van der Waals surface area contributed by atoms with Crippen LogP contribution in [0.25, 0.3) is 0 Å². The third kappa shape index (κ3) is 1.03. The maximum atomic E-state index is 5.89. The van der Waals surface area contributed by atoms with E-state index >= 15 is 0 Å². The Hall–Kier alpha value is -0.500. The molecule has 0 aliphatic rings. The highest BCUT2D eigenvalue weighted by atomic mass is 35.5. The van der Waals surface area contributed by atoms with Crippen LogP contribution in [0.5, 0.6) is 0 Å². The third-order valence-corrected chi connectivity index (χ3v) is 2.14. The summed E-state index contributed by atoms with van der Waals surface area (Å²) >= 11 is 5.89. The Morgan fingerprint density at radius 2 is 2.10 bits per heavy atom. The first-order valence-corrected chi connectivity index (χ1v) is 3.74. The van der Waals surface area contributed by atoms with Gasteiger partial charge in [0, 0.05) is 6.54 Å². The van der Waals surface area contributed by atoms with Crippen molar-refractivity contribution in [1.29, 1.82) is 0 Å². The summed E-state index contributed by atoms with van der Waals surface area (Å²) in [4.78, 5) is 0. The largest absolute Gasteiger partial charge is 0.268 e. The minimum absolute atomic E-state index is 0.793. The van der Waals surface area contributed by atoms with Crippen LogP contribution in [0, 0.1) is 13.8 Å². The summed E-state index contributed by atoms with van der Waals surface area (Å²) in [7, 11) is 0. The van der Waals surface area contributed by atoms with Crippen LogP contribution in [0.1, 0.15) is 18.3 Å². The molecule has 56 valence electrons. The van der Waals surface area contributed by atoms with Crippen LogP contribution in [-0.2, 0) is 6.54 Å². The number of rotatable bonds is 1. The molecule has 1 rings (SSSR count). The Morgan fingerprint density at radius 3 is 2.30 bits per heavy atom. The summed E-state index contributed by atoms with van der Waals surface area (Å²) in [5, 5.41) is 5.01. The van der Waals surface area contributed by atoms with Gasteiger partial charge in [0.2, 0.25) is 0 Å². The van der Waals surface area contributed by atoms with E-state index in [2.05, 4.69) is 12.0 Å². The molecule has 0 saturated carbocycles. The molecule has 3 heteroatoms. The molecule has 0 radical (unpaired) electrons. The highest BCUT2D eigenvalue weighted by molar-refractivity contribution is 6.31. The summed E-state index contributed by atoms with van der Waals surface area (Å²) in [6, 6.07) is 0. The average Bonchev–Trinajstić information content (AvgIpc) is 2.17. The Balaban J connectivity index is 3.17. The van der Waals surface area contributed by atoms with Gasteiger partial charge in [-0.3, -0.25) is 4.68 Å². The van der Waals surface area contributed by atoms with Crippen LogP contribution < -0.4 is 0 Å². The third-order valence-electron chi connectivity index (χ3n) is 1.59. The molecule has 0 spiro atoms. The molecule has 0 bridgehead atoms. The Bertz CT molecular complexity index is 240. The maximum Gasteiger partial charge on any atom is 0.0844 e. The van der Waals surface area contributed by atoms with E-state index in [-0.39, 0.29) is 0 Å². The summed E-state index contributed by atoms with van der Waals surface area (Å²) in [6.45, 7) is 6.84. The minimum atomic E-state index is 0.793. The van der Waals surface area contributed by atoms with Gasteiger partial charge >= 0.3 is 0 Å². The van der Waals surface area contributed by atoms with Gasteiger partial charge in [-0.15, -0.1) is 0 Å². The summed E-state index contributed by atoms with van der Waals surface area (Å²) in [5.41, 5.74) is 1.97. The molecule has 2 nitrogen and oxygen atoms in total. The van der Waals surface area contributed by atoms with Crippen LogP contribution in [0.15, 0.2) is 0 Å². The second kappa shape index (κ2) is 2.62. The minimum Gasteiger partial charge on any atom is -0.268 e. The molecular weight excluding hydrogens is 148 g/mol. The van der Waals surface area contributed by atoms with Crippen molar-refractivity contribution in [3.8, 4) is 0 Å². The van der Waals surface area contributed by atoms with E-state index in [1.165, 1.54) is 0 Å². The number of hydrogen-bond acceptors (Lipinski definition) is 1. The zero-order valence-corrected chi connectivity index (χ0v) is 7.24. The molecule has 0 amide bonds. The van der Waals surface area contributed by atoms with Crippen molar-refractivity contribution in [2.24, 2.45) is 0 Å². The quantitative estimate of drug-likeness (QED) is 0.613. The van der Waals surface area contributed by atoms with Gasteiger partial charge in [-0.2, -0.15) is 5.10 Å². The molecule has 0 atom stereocenters. The smallest absolute Gasteiger partial charge is 0.0844 e. The van der Waals surface area contributed by atoms with E-state index in [1.807, 2.05) is 18.5 Å². The van der Waals surface area contributed by atoms with Gasteiger partial charge in [-0.1, -0.05) is 11.6 Å². The van der Waals surface area contributed by atoms with Crippen molar-refractivity contribution < 1.29 is 0 Å². The second-order valence-electron chi connectivity index (χ2n) is 2.30. The van der Waals surface area contributed by atoms with Gasteiger partial charge in [-0.25, -0.2) is 0 Å². The van der Waals surface area contributed by atoms with Crippen molar-refractivity contribution in [3.05, 3.63) is 16.4 Å². The van der Waals surface area contributed by atoms with E-state index in [1.54, 1.807) is 0 Å². The zero-order valence-electron chi connectivity index (χ0n) is 6.48. The number of nitrogens with zero attached hydrogens (tertiary/aromatic N) is 2. The molecule has 10 heavy (non-hydrogen) atoms. The molecule has 1 aromatic rings. The van der Waals surface area contributed by atoms with Crippen molar-refractivity contribution in [3.63, 3.8) is 0 Å². The summed E-state index contributed by atoms with van der Waals surface area (Å²) in [5.74, 6) is 0. The van der Waals surface area contributed by atoms with E-state index < -0.39 is 0 Å². The maximum absolute atomic E-state index is 5.89. The molecule has 1 aromatic heterocycles. The number of aryl methyl sites for hydroxylation is 2. The van der Waals surface area contributed by atoms with Gasteiger partial charge in [0.25, 0.3) is 0 Å². The lowest BCUT2D eigenvalue weighted by atomic mass is 10.4. The monoisotopic (exact) mass is 158 g/mol. The predicted molar refractivity (Wildman–Crippen MR) is 42.4 cm³/mol. The number of hydrogen-bond donors (Lipinski definition) is 0. The first-order chi connectivity index (χ1) is 4.66. The highest BCUT2D eigenvalue weighted by Crippen LogP contribution is 2.18. The fraction of sp³-hybridized carbons (Fsp3) is 0.571. The second-order valence-corrected chi connectivity index (χ2v) is 2.68. The van der Waals surface area contributed by atoms with Gasteiger partial charge in [0.1, 0.15) is 0 Å². The van der Waals surface area contributed by atoms with Gasteiger partial charge in [-0.05, 0) is 20.8 Å². The lowest BCUT2D eigenvalue weighted by Crippen LogP contribution is -1.98. The molecule has 0 aliphatic carbocycles. The molecule has 0 saturated heterocycles. The van der Waals surface area contributed by atoms with Crippen molar-refractivity contribution in [2.75, 3.05) is 0 Å². The number of halogens is 1. The normalized spacial score (nSPS) is 10.4. The first kappa shape index (κ1) is 7.61.